The molecular formula is C24H28F2N4O. The van der Waals surface area contributed by atoms with Gasteiger partial charge in [-0.3, -0.25) is 4.79 Å². The molecule has 2 aromatic heterocycles. The number of carbonyl (C=O) groups is 1. The number of carbonyl (C=O) groups excluding carboxylic acids is 1. The molecule has 4 rings (SSSR count). The molecule has 1 aromatic carbocycles. The summed E-state index contributed by atoms with van der Waals surface area (Å²) in [5, 5.41) is 0. The lowest BCUT2D eigenvalue weighted by atomic mass is 10.1. The quantitative estimate of drug-likeness (QED) is 0.437. The molecule has 1 fully saturated rings. The van der Waals surface area contributed by atoms with E-state index in [-0.39, 0.29) is 12.1 Å². The second-order valence-corrected chi connectivity index (χ2v) is 8.24. The number of amides is 1. The van der Waals surface area contributed by atoms with E-state index in [9.17, 15) is 13.6 Å². The van der Waals surface area contributed by atoms with Crippen LogP contribution in [0, 0.1) is 11.6 Å². The summed E-state index contributed by atoms with van der Waals surface area (Å²) >= 11 is 0. The zero-order chi connectivity index (χ0) is 21.8. The normalized spacial score (nSPS) is 14.4. The Bertz CT molecular complexity index is 1060. The van der Waals surface area contributed by atoms with Crippen LogP contribution in [-0.2, 0) is 6.54 Å². The van der Waals surface area contributed by atoms with Gasteiger partial charge in [-0.05, 0) is 49.6 Å². The SMILES string of the molecule is CCCCCN(Cc1nc2cccnc2n1C1CCCC1)C(=O)c1cc(F)ccc1F. The summed E-state index contributed by atoms with van der Waals surface area (Å²) in [6.45, 7) is 2.79. The molecule has 0 radical (unpaired) electrons. The monoisotopic (exact) mass is 426 g/mol. The van der Waals surface area contributed by atoms with Gasteiger partial charge in [-0.2, -0.15) is 0 Å². The van der Waals surface area contributed by atoms with Crippen LogP contribution in [0.5, 0.6) is 0 Å². The summed E-state index contributed by atoms with van der Waals surface area (Å²) in [5.74, 6) is -1.09. The molecule has 1 saturated carbocycles. The standard InChI is InChI=1S/C24H28F2N4O/c1-2-3-6-14-29(24(31)19-15-17(25)11-12-20(19)26)16-22-28-21-10-7-13-27-23(21)30(22)18-8-4-5-9-18/h7,10-13,15,18H,2-6,8-9,14,16H2,1H3. The molecule has 1 aliphatic rings. The van der Waals surface area contributed by atoms with Gasteiger partial charge in [-0.1, -0.05) is 32.6 Å². The Morgan fingerprint density at radius 1 is 1.19 bits per heavy atom. The molecule has 31 heavy (non-hydrogen) atoms. The summed E-state index contributed by atoms with van der Waals surface area (Å²) < 4.78 is 30.3. The number of imidazole rings is 1. The number of rotatable bonds is 8. The first-order valence-corrected chi connectivity index (χ1v) is 11.1. The molecule has 0 bridgehead atoms. The van der Waals surface area contributed by atoms with Crippen LogP contribution in [0.15, 0.2) is 36.5 Å². The zero-order valence-corrected chi connectivity index (χ0v) is 17.9. The fourth-order valence-corrected chi connectivity index (χ4v) is 4.44. The van der Waals surface area contributed by atoms with E-state index in [1.54, 1.807) is 11.1 Å². The van der Waals surface area contributed by atoms with Gasteiger partial charge in [0.25, 0.3) is 5.91 Å². The van der Waals surface area contributed by atoms with Gasteiger partial charge in [-0.15, -0.1) is 0 Å². The first-order valence-electron chi connectivity index (χ1n) is 11.1. The zero-order valence-electron chi connectivity index (χ0n) is 17.9. The van der Waals surface area contributed by atoms with Crippen LogP contribution in [0.1, 0.15) is 74.1 Å². The maximum absolute atomic E-state index is 14.4. The van der Waals surface area contributed by atoms with Gasteiger partial charge >= 0.3 is 0 Å². The molecule has 164 valence electrons. The molecule has 3 aromatic rings. The Labute approximate surface area is 181 Å². The first-order chi connectivity index (χ1) is 15.1. The predicted octanol–water partition coefficient (Wildman–Crippen LogP) is 5.66. The minimum Gasteiger partial charge on any atom is -0.331 e. The van der Waals surface area contributed by atoms with Gasteiger partial charge < -0.3 is 9.47 Å². The number of fused-ring (bicyclic) bond motifs is 1. The number of unbranched alkanes of at least 4 members (excludes halogenated alkanes) is 2. The Hall–Kier alpha value is -2.83. The van der Waals surface area contributed by atoms with E-state index in [0.717, 1.165) is 80.1 Å². The number of hydrogen-bond donors (Lipinski definition) is 0. The van der Waals surface area contributed by atoms with Crippen molar-refractivity contribution in [2.24, 2.45) is 0 Å². The molecule has 0 unspecified atom stereocenters. The van der Waals surface area contributed by atoms with Crippen molar-refractivity contribution in [2.75, 3.05) is 6.54 Å². The van der Waals surface area contributed by atoms with E-state index in [1.807, 2.05) is 12.1 Å². The Balaban J connectivity index is 1.70. The Morgan fingerprint density at radius 3 is 2.77 bits per heavy atom. The molecule has 0 N–H and O–H groups in total. The minimum atomic E-state index is -0.710. The van der Waals surface area contributed by atoms with Crippen molar-refractivity contribution in [1.29, 1.82) is 0 Å². The van der Waals surface area contributed by atoms with E-state index in [2.05, 4.69) is 16.5 Å². The first kappa shape index (κ1) is 21.4. The topological polar surface area (TPSA) is 51.0 Å². The van der Waals surface area contributed by atoms with E-state index < -0.39 is 17.5 Å². The number of aromatic nitrogens is 3. The second-order valence-electron chi connectivity index (χ2n) is 8.24. The lowest BCUT2D eigenvalue weighted by Crippen LogP contribution is -2.33. The van der Waals surface area contributed by atoms with Crippen molar-refractivity contribution >= 4 is 17.1 Å². The summed E-state index contributed by atoms with van der Waals surface area (Å²) in [7, 11) is 0. The van der Waals surface area contributed by atoms with E-state index >= 15 is 0 Å². The minimum absolute atomic E-state index is 0.238. The van der Waals surface area contributed by atoms with Crippen LogP contribution in [0.25, 0.3) is 11.2 Å². The van der Waals surface area contributed by atoms with Crippen LogP contribution in [-0.4, -0.2) is 31.9 Å². The molecule has 0 atom stereocenters. The largest absolute Gasteiger partial charge is 0.331 e. The van der Waals surface area contributed by atoms with Crippen molar-refractivity contribution in [3.8, 4) is 0 Å². The van der Waals surface area contributed by atoms with Crippen molar-refractivity contribution in [2.45, 2.75) is 64.5 Å². The van der Waals surface area contributed by atoms with Crippen LogP contribution in [0.2, 0.25) is 0 Å². The fraction of sp³-hybridized carbons (Fsp3) is 0.458. The van der Waals surface area contributed by atoms with Crippen LogP contribution in [0.4, 0.5) is 8.78 Å². The van der Waals surface area contributed by atoms with Gasteiger partial charge in [-0.25, -0.2) is 18.7 Å². The summed E-state index contributed by atoms with van der Waals surface area (Å²) in [6.07, 6.45) is 8.92. The number of benzene rings is 1. The highest BCUT2D eigenvalue weighted by molar-refractivity contribution is 5.94. The molecule has 0 aliphatic heterocycles. The van der Waals surface area contributed by atoms with Gasteiger partial charge in [0.15, 0.2) is 5.65 Å². The van der Waals surface area contributed by atoms with Gasteiger partial charge in [0.05, 0.1) is 12.1 Å². The highest BCUT2D eigenvalue weighted by Crippen LogP contribution is 2.33. The third kappa shape index (κ3) is 4.60. The van der Waals surface area contributed by atoms with Crippen LogP contribution < -0.4 is 0 Å². The molecule has 2 heterocycles. The van der Waals surface area contributed by atoms with Crippen LogP contribution >= 0.6 is 0 Å². The van der Waals surface area contributed by atoms with Gasteiger partial charge in [0.2, 0.25) is 0 Å². The van der Waals surface area contributed by atoms with E-state index in [0.29, 0.717) is 12.6 Å². The Kier molecular flexibility index (Phi) is 6.59. The molecule has 5 nitrogen and oxygen atoms in total. The second kappa shape index (κ2) is 9.54. The summed E-state index contributed by atoms with van der Waals surface area (Å²) in [5.41, 5.74) is 1.38. The number of nitrogens with zero attached hydrogens (tertiary/aromatic N) is 4. The molecule has 1 aliphatic carbocycles. The van der Waals surface area contributed by atoms with E-state index in [4.69, 9.17) is 4.98 Å². The summed E-state index contributed by atoms with van der Waals surface area (Å²) in [6, 6.07) is 7.08. The average molecular weight is 427 g/mol. The highest BCUT2D eigenvalue weighted by atomic mass is 19.1. The lowest BCUT2D eigenvalue weighted by Gasteiger charge is -2.24. The highest BCUT2D eigenvalue weighted by Gasteiger charge is 2.27. The maximum atomic E-state index is 14.4. The van der Waals surface area contributed by atoms with Crippen LogP contribution in [0.3, 0.4) is 0 Å². The van der Waals surface area contributed by atoms with Crippen molar-refractivity contribution in [3.05, 3.63) is 59.6 Å². The van der Waals surface area contributed by atoms with Crippen molar-refractivity contribution in [1.82, 2.24) is 19.4 Å². The van der Waals surface area contributed by atoms with Crippen molar-refractivity contribution in [3.63, 3.8) is 0 Å². The van der Waals surface area contributed by atoms with Gasteiger partial charge in [0.1, 0.15) is 23.0 Å². The smallest absolute Gasteiger partial charge is 0.257 e. The molecule has 1 amide bonds. The van der Waals surface area contributed by atoms with E-state index in [1.165, 1.54) is 0 Å². The number of pyridine rings is 1. The average Bonchev–Trinajstić information content (AvgIpc) is 3.41. The van der Waals surface area contributed by atoms with Crippen molar-refractivity contribution < 1.29 is 13.6 Å². The lowest BCUT2D eigenvalue weighted by molar-refractivity contribution is 0.0728. The van der Waals surface area contributed by atoms with Gasteiger partial charge in [0, 0.05) is 18.8 Å². The third-order valence-corrected chi connectivity index (χ3v) is 6.02. The number of halogens is 2. The number of hydrogen-bond acceptors (Lipinski definition) is 3. The summed E-state index contributed by atoms with van der Waals surface area (Å²) in [4.78, 5) is 24.2. The predicted molar refractivity (Wildman–Crippen MR) is 116 cm³/mol. The molecular weight excluding hydrogens is 398 g/mol. The molecule has 0 spiro atoms. The molecule has 7 heteroatoms. The maximum Gasteiger partial charge on any atom is 0.257 e. The Morgan fingerprint density at radius 2 is 2.00 bits per heavy atom. The molecule has 0 saturated heterocycles. The fourth-order valence-electron chi connectivity index (χ4n) is 4.44. The third-order valence-electron chi connectivity index (χ3n) is 6.02.